The third-order valence-electron chi connectivity index (χ3n) is 6.52. The van der Waals surface area contributed by atoms with Gasteiger partial charge in [0.1, 0.15) is 5.00 Å². The van der Waals surface area contributed by atoms with Crippen LogP contribution in [0.25, 0.3) is 22.2 Å². The van der Waals surface area contributed by atoms with Crippen molar-refractivity contribution in [3.8, 4) is 11.3 Å². The molecule has 0 saturated heterocycles. The zero-order chi connectivity index (χ0) is 25.1. The number of fused-ring (bicyclic) bond motifs is 2. The van der Waals surface area contributed by atoms with Crippen molar-refractivity contribution in [2.75, 3.05) is 11.9 Å². The molecule has 1 aliphatic rings. The lowest BCUT2D eigenvalue weighted by Crippen LogP contribution is -2.23. The number of anilines is 1. The van der Waals surface area contributed by atoms with Crippen LogP contribution in [0.5, 0.6) is 0 Å². The molecule has 36 heavy (non-hydrogen) atoms. The Morgan fingerprint density at radius 3 is 2.61 bits per heavy atom. The van der Waals surface area contributed by atoms with Crippen molar-refractivity contribution in [3.63, 3.8) is 0 Å². The van der Waals surface area contributed by atoms with E-state index < -0.39 is 0 Å². The van der Waals surface area contributed by atoms with E-state index in [0.29, 0.717) is 17.2 Å². The van der Waals surface area contributed by atoms with E-state index in [1.807, 2.05) is 44.2 Å². The van der Waals surface area contributed by atoms with Crippen LogP contribution in [-0.4, -0.2) is 28.7 Å². The first-order chi connectivity index (χ1) is 17.6. The van der Waals surface area contributed by atoms with Gasteiger partial charge in [0, 0.05) is 20.7 Å². The second-order valence-corrected chi connectivity index (χ2v) is 11.4. The molecular weight excluding hydrogens is 488 g/mol. The van der Waals surface area contributed by atoms with Crippen molar-refractivity contribution >= 4 is 50.9 Å². The minimum Gasteiger partial charge on any atom is -0.462 e. The molecule has 2 heterocycles. The van der Waals surface area contributed by atoms with Crippen molar-refractivity contribution in [1.82, 2.24) is 4.98 Å². The number of thioether (sulfide) groups is 1. The van der Waals surface area contributed by atoms with Gasteiger partial charge in [0.15, 0.2) is 0 Å². The first kappa shape index (κ1) is 24.7. The van der Waals surface area contributed by atoms with Gasteiger partial charge in [0.2, 0.25) is 5.91 Å². The van der Waals surface area contributed by atoms with E-state index >= 15 is 0 Å². The predicted molar refractivity (Wildman–Crippen MR) is 149 cm³/mol. The molecule has 1 unspecified atom stereocenters. The van der Waals surface area contributed by atoms with Crippen molar-refractivity contribution < 1.29 is 14.3 Å². The van der Waals surface area contributed by atoms with Crippen LogP contribution in [0.1, 0.15) is 53.9 Å². The fourth-order valence-electron chi connectivity index (χ4n) is 4.74. The minimum atomic E-state index is -0.372. The summed E-state index contributed by atoms with van der Waals surface area (Å²) in [6, 6.07) is 18.3. The number of aromatic nitrogens is 1. The summed E-state index contributed by atoms with van der Waals surface area (Å²) in [4.78, 5) is 32.1. The first-order valence-corrected chi connectivity index (χ1v) is 14.2. The van der Waals surface area contributed by atoms with Gasteiger partial charge < -0.3 is 15.0 Å². The number of ether oxygens (including phenoxy) is 1. The van der Waals surface area contributed by atoms with Gasteiger partial charge in [-0.3, -0.25) is 4.79 Å². The normalized spacial score (nSPS) is 14.2. The Morgan fingerprint density at radius 1 is 1.06 bits per heavy atom. The van der Waals surface area contributed by atoms with Gasteiger partial charge in [-0.05, 0) is 56.7 Å². The molecule has 0 spiro atoms. The van der Waals surface area contributed by atoms with E-state index in [-0.39, 0.29) is 17.1 Å². The average Bonchev–Trinajstić information content (AvgIpc) is 3.33. The standard InChI is InChI=1S/C29H30N2O3S2/c1-3-34-29(33)24-21-15-8-5-9-17-23(21)36-28(24)31-27(32)18(2)35-26-20-14-10-11-16-22(20)30-25(26)19-12-6-4-7-13-19/h4,6-7,10-14,16,18,30H,3,5,8-9,15,17H2,1-2H3,(H,31,32). The van der Waals surface area contributed by atoms with Crippen LogP contribution in [0, 0.1) is 0 Å². The zero-order valence-electron chi connectivity index (χ0n) is 20.6. The molecule has 0 saturated carbocycles. The number of aryl methyl sites for hydroxylation is 1. The monoisotopic (exact) mass is 518 g/mol. The van der Waals surface area contributed by atoms with E-state index in [2.05, 4.69) is 34.6 Å². The summed E-state index contributed by atoms with van der Waals surface area (Å²) in [6.45, 7) is 4.04. The van der Waals surface area contributed by atoms with Crippen molar-refractivity contribution in [1.29, 1.82) is 0 Å². The SMILES string of the molecule is CCOC(=O)c1c(NC(=O)C(C)Sc2c(-c3ccccc3)[nH]c3ccccc23)sc2c1CCCCC2. The Bertz CT molecular complexity index is 1390. The number of benzene rings is 2. The van der Waals surface area contributed by atoms with E-state index in [1.54, 1.807) is 0 Å². The molecule has 5 nitrogen and oxygen atoms in total. The lowest BCUT2D eigenvalue weighted by Gasteiger charge is -2.14. The van der Waals surface area contributed by atoms with Crippen molar-refractivity contribution in [3.05, 3.63) is 70.6 Å². The van der Waals surface area contributed by atoms with E-state index in [9.17, 15) is 9.59 Å². The molecule has 0 aliphatic heterocycles. The molecule has 0 fully saturated rings. The number of rotatable bonds is 7. The van der Waals surface area contributed by atoms with E-state index in [4.69, 9.17) is 4.74 Å². The van der Waals surface area contributed by atoms with Crippen molar-refractivity contribution in [2.24, 2.45) is 0 Å². The Labute approximate surface area is 219 Å². The maximum atomic E-state index is 13.4. The second kappa shape index (κ2) is 10.9. The fraction of sp³-hybridized carbons (Fsp3) is 0.310. The lowest BCUT2D eigenvalue weighted by atomic mass is 10.1. The third kappa shape index (κ3) is 4.95. The number of H-pyrrole nitrogens is 1. The molecule has 1 aliphatic carbocycles. The highest BCUT2D eigenvalue weighted by atomic mass is 32.2. The Morgan fingerprint density at radius 2 is 1.81 bits per heavy atom. The Kier molecular flexibility index (Phi) is 7.48. The number of hydrogen-bond donors (Lipinski definition) is 2. The number of para-hydroxylation sites is 1. The highest BCUT2D eigenvalue weighted by Gasteiger charge is 2.28. The maximum absolute atomic E-state index is 13.4. The van der Waals surface area contributed by atoms with Crippen LogP contribution in [0.15, 0.2) is 59.5 Å². The minimum absolute atomic E-state index is 0.119. The molecule has 1 atom stereocenters. The van der Waals surface area contributed by atoms with E-state index in [0.717, 1.165) is 64.7 Å². The van der Waals surface area contributed by atoms with Crippen LogP contribution in [0.3, 0.4) is 0 Å². The van der Waals surface area contributed by atoms with Gasteiger partial charge in [-0.15, -0.1) is 23.1 Å². The first-order valence-electron chi connectivity index (χ1n) is 12.5. The number of hydrogen-bond acceptors (Lipinski definition) is 5. The molecule has 1 amide bonds. The van der Waals surface area contributed by atoms with Gasteiger partial charge in [-0.1, -0.05) is 55.0 Å². The molecule has 5 rings (SSSR count). The van der Waals surface area contributed by atoms with Crippen LogP contribution in [-0.2, 0) is 22.4 Å². The Balaban J connectivity index is 1.43. The van der Waals surface area contributed by atoms with Gasteiger partial charge in [-0.25, -0.2) is 4.79 Å². The van der Waals surface area contributed by atoms with Crippen molar-refractivity contribution in [2.45, 2.75) is 56.1 Å². The van der Waals surface area contributed by atoms with Crippen LogP contribution in [0.4, 0.5) is 5.00 Å². The number of carbonyl (C=O) groups is 2. The largest absolute Gasteiger partial charge is 0.462 e. The predicted octanol–water partition coefficient (Wildman–Crippen LogP) is 7.46. The van der Waals surface area contributed by atoms with Crippen LogP contribution >= 0.6 is 23.1 Å². The van der Waals surface area contributed by atoms with Gasteiger partial charge in [0.25, 0.3) is 0 Å². The molecule has 7 heteroatoms. The highest BCUT2D eigenvalue weighted by Crippen LogP contribution is 2.41. The second-order valence-electron chi connectivity index (χ2n) is 8.98. The molecule has 2 N–H and O–H groups in total. The molecule has 2 aromatic carbocycles. The average molecular weight is 519 g/mol. The Hall–Kier alpha value is -3.03. The highest BCUT2D eigenvalue weighted by molar-refractivity contribution is 8.01. The van der Waals surface area contributed by atoms with E-state index in [1.165, 1.54) is 28.0 Å². The molecule has 4 aromatic rings. The molecular formula is C29H30N2O3S2. The lowest BCUT2D eigenvalue weighted by molar-refractivity contribution is -0.115. The summed E-state index contributed by atoms with van der Waals surface area (Å²) in [7, 11) is 0. The number of amides is 1. The number of esters is 1. The number of carbonyl (C=O) groups excluding carboxylic acids is 2. The summed E-state index contributed by atoms with van der Waals surface area (Å²) in [6.07, 6.45) is 5.13. The van der Waals surface area contributed by atoms with Crippen LogP contribution < -0.4 is 5.32 Å². The van der Waals surface area contributed by atoms with Gasteiger partial charge in [-0.2, -0.15) is 0 Å². The molecule has 186 valence electrons. The molecule has 2 aromatic heterocycles. The topological polar surface area (TPSA) is 71.2 Å². The maximum Gasteiger partial charge on any atom is 0.341 e. The van der Waals surface area contributed by atoms with Crippen LogP contribution in [0.2, 0.25) is 0 Å². The molecule has 0 radical (unpaired) electrons. The van der Waals surface area contributed by atoms with Gasteiger partial charge in [0.05, 0.1) is 23.1 Å². The molecule has 0 bridgehead atoms. The fourth-order valence-corrected chi connectivity index (χ4v) is 7.13. The number of thiophene rings is 1. The third-order valence-corrected chi connectivity index (χ3v) is 8.96. The van der Waals surface area contributed by atoms with Gasteiger partial charge >= 0.3 is 5.97 Å². The zero-order valence-corrected chi connectivity index (χ0v) is 22.2. The smallest absolute Gasteiger partial charge is 0.341 e. The number of aromatic amines is 1. The quantitative estimate of drug-likeness (QED) is 0.151. The summed E-state index contributed by atoms with van der Waals surface area (Å²) in [5.74, 6) is -0.457. The number of nitrogens with one attached hydrogen (secondary N) is 2. The summed E-state index contributed by atoms with van der Waals surface area (Å²) < 4.78 is 5.38. The summed E-state index contributed by atoms with van der Waals surface area (Å²) in [5.41, 5.74) is 4.75. The summed E-state index contributed by atoms with van der Waals surface area (Å²) in [5, 5.41) is 4.44. The summed E-state index contributed by atoms with van der Waals surface area (Å²) >= 11 is 3.07.